The van der Waals surface area contributed by atoms with Crippen molar-refractivity contribution in [3.8, 4) is 5.88 Å². The van der Waals surface area contributed by atoms with Crippen molar-refractivity contribution >= 4 is 11.8 Å². The molecular formula is C11H16N2OS. The summed E-state index contributed by atoms with van der Waals surface area (Å²) in [7, 11) is 0. The molecule has 0 amide bonds. The number of pyridine rings is 1. The monoisotopic (exact) mass is 224 g/mol. The molecule has 1 fully saturated rings. The molecule has 3 nitrogen and oxygen atoms in total. The third-order valence-corrected chi connectivity index (χ3v) is 3.57. The first-order chi connectivity index (χ1) is 7.40. The zero-order valence-corrected chi connectivity index (χ0v) is 9.50. The number of hydrogen-bond donors (Lipinski definition) is 1. The normalized spacial score (nSPS) is 17.7. The minimum absolute atomic E-state index is 0.325. The number of hydrogen-bond acceptors (Lipinski definition) is 4. The van der Waals surface area contributed by atoms with Crippen LogP contribution in [0.5, 0.6) is 5.88 Å². The van der Waals surface area contributed by atoms with Crippen LogP contribution in [0.4, 0.5) is 0 Å². The van der Waals surface area contributed by atoms with E-state index in [1.54, 1.807) is 6.20 Å². The summed E-state index contributed by atoms with van der Waals surface area (Å²) in [6.07, 6.45) is 4.31. The Morgan fingerprint density at radius 1 is 1.47 bits per heavy atom. The van der Waals surface area contributed by atoms with Crippen molar-refractivity contribution in [3.05, 3.63) is 23.9 Å². The highest BCUT2D eigenvalue weighted by Crippen LogP contribution is 2.23. The van der Waals surface area contributed by atoms with Gasteiger partial charge in [-0.15, -0.1) is 0 Å². The van der Waals surface area contributed by atoms with Crippen molar-refractivity contribution < 1.29 is 4.74 Å². The second-order valence-corrected chi connectivity index (χ2v) is 4.83. The summed E-state index contributed by atoms with van der Waals surface area (Å²) in [5, 5.41) is 0. The minimum Gasteiger partial charge on any atom is -0.474 e. The Balaban J connectivity index is 2.02. The number of aromatic nitrogens is 1. The van der Waals surface area contributed by atoms with Gasteiger partial charge in [0.2, 0.25) is 5.88 Å². The van der Waals surface area contributed by atoms with E-state index in [9.17, 15) is 0 Å². The molecule has 2 heterocycles. The van der Waals surface area contributed by atoms with Crippen LogP contribution in [0.3, 0.4) is 0 Å². The number of ether oxygens (including phenoxy) is 1. The van der Waals surface area contributed by atoms with Crippen LogP contribution in [0.1, 0.15) is 18.4 Å². The summed E-state index contributed by atoms with van der Waals surface area (Å²) in [6.45, 7) is 0.491. The second kappa shape index (κ2) is 5.37. The maximum atomic E-state index is 5.87. The van der Waals surface area contributed by atoms with Crippen molar-refractivity contribution in [3.63, 3.8) is 0 Å². The molecule has 82 valence electrons. The summed E-state index contributed by atoms with van der Waals surface area (Å²) >= 11 is 1.99. The minimum atomic E-state index is 0.325. The largest absolute Gasteiger partial charge is 0.474 e. The third kappa shape index (κ3) is 2.86. The Kier molecular flexibility index (Phi) is 3.86. The molecule has 0 atom stereocenters. The molecule has 2 rings (SSSR count). The highest BCUT2D eigenvalue weighted by Gasteiger charge is 2.16. The van der Waals surface area contributed by atoms with Crippen molar-refractivity contribution in [1.82, 2.24) is 4.98 Å². The number of nitrogens with zero attached hydrogens (tertiary/aromatic N) is 1. The molecule has 4 heteroatoms. The molecule has 1 aromatic rings. The molecule has 0 aliphatic carbocycles. The van der Waals surface area contributed by atoms with Gasteiger partial charge in [-0.1, -0.05) is 6.07 Å². The molecule has 1 aliphatic heterocycles. The zero-order valence-electron chi connectivity index (χ0n) is 8.69. The summed E-state index contributed by atoms with van der Waals surface area (Å²) < 4.78 is 5.87. The van der Waals surface area contributed by atoms with E-state index in [2.05, 4.69) is 4.98 Å². The van der Waals surface area contributed by atoms with E-state index < -0.39 is 0 Å². The zero-order chi connectivity index (χ0) is 10.5. The standard InChI is InChI=1S/C11H16N2OS/c12-8-9-2-1-5-13-11(9)14-10-3-6-15-7-4-10/h1-2,5,10H,3-4,6-8,12H2. The first-order valence-electron chi connectivity index (χ1n) is 5.28. The van der Waals surface area contributed by atoms with Crippen LogP contribution in [0, 0.1) is 0 Å². The van der Waals surface area contributed by atoms with Crippen molar-refractivity contribution in [2.75, 3.05) is 11.5 Å². The Bertz CT molecular complexity index is 313. The Labute approximate surface area is 94.4 Å². The topological polar surface area (TPSA) is 48.1 Å². The molecule has 0 unspecified atom stereocenters. The van der Waals surface area contributed by atoms with E-state index in [1.165, 1.54) is 11.5 Å². The van der Waals surface area contributed by atoms with Gasteiger partial charge in [0.05, 0.1) is 0 Å². The fourth-order valence-electron chi connectivity index (χ4n) is 1.64. The quantitative estimate of drug-likeness (QED) is 0.850. The Hall–Kier alpha value is -0.740. The van der Waals surface area contributed by atoms with Crippen molar-refractivity contribution in [1.29, 1.82) is 0 Å². The van der Waals surface area contributed by atoms with E-state index in [0.717, 1.165) is 24.3 Å². The molecule has 1 aromatic heterocycles. The second-order valence-electron chi connectivity index (χ2n) is 3.60. The van der Waals surface area contributed by atoms with Crippen molar-refractivity contribution in [2.45, 2.75) is 25.5 Å². The van der Waals surface area contributed by atoms with Gasteiger partial charge in [0.25, 0.3) is 0 Å². The lowest BCUT2D eigenvalue weighted by molar-refractivity contribution is 0.182. The highest BCUT2D eigenvalue weighted by molar-refractivity contribution is 7.99. The van der Waals surface area contributed by atoms with E-state index in [1.807, 2.05) is 23.9 Å². The predicted octanol–water partition coefficient (Wildman–Crippen LogP) is 1.81. The van der Waals surface area contributed by atoms with Crippen LogP contribution in [0.2, 0.25) is 0 Å². The lowest BCUT2D eigenvalue weighted by Gasteiger charge is -2.23. The number of thioether (sulfide) groups is 1. The van der Waals surface area contributed by atoms with Crippen molar-refractivity contribution in [2.24, 2.45) is 5.73 Å². The molecule has 1 aliphatic rings. The highest BCUT2D eigenvalue weighted by atomic mass is 32.2. The average molecular weight is 224 g/mol. The molecular weight excluding hydrogens is 208 g/mol. The fourth-order valence-corrected chi connectivity index (χ4v) is 2.70. The molecule has 0 saturated carbocycles. The Morgan fingerprint density at radius 3 is 3.00 bits per heavy atom. The molecule has 2 N–H and O–H groups in total. The predicted molar refractivity (Wildman–Crippen MR) is 63.1 cm³/mol. The van der Waals surface area contributed by atoms with Crippen LogP contribution in [-0.4, -0.2) is 22.6 Å². The third-order valence-electron chi connectivity index (χ3n) is 2.52. The number of nitrogens with two attached hydrogens (primary N) is 1. The molecule has 0 aromatic carbocycles. The molecule has 0 radical (unpaired) electrons. The fraction of sp³-hybridized carbons (Fsp3) is 0.545. The van der Waals surface area contributed by atoms with Gasteiger partial charge in [0.15, 0.2) is 0 Å². The van der Waals surface area contributed by atoms with Crippen LogP contribution < -0.4 is 10.5 Å². The maximum Gasteiger partial charge on any atom is 0.218 e. The van der Waals surface area contributed by atoms with Crippen LogP contribution >= 0.6 is 11.8 Å². The van der Waals surface area contributed by atoms with Gasteiger partial charge in [-0.05, 0) is 30.4 Å². The molecule has 15 heavy (non-hydrogen) atoms. The lowest BCUT2D eigenvalue weighted by Crippen LogP contribution is -2.23. The lowest BCUT2D eigenvalue weighted by atomic mass is 10.2. The van der Waals surface area contributed by atoms with E-state index in [-0.39, 0.29) is 0 Å². The van der Waals surface area contributed by atoms with E-state index in [4.69, 9.17) is 10.5 Å². The molecule has 0 bridgehead atoms. The van der Waals surface area contributed by atoms with Gasteiger partial charge in [-0.3, -0.25) is 0 Å². The van der Waals surface area contributed by atoms with Gasteiger partial charge in [-0.2, -0.15) is 11.8 Å². The summed E-state index contributed by atoms with van der Waals surface area (Å²) in [5.41, 5.74) is 6.63. The smallest absolute Gasteiger partial charge is 0.218 e. The van der Waals surface area contributed by atoms with Gasteiger partial charge in [0, 0.05) is 18.3 Å². The van der Waals surface area contributed by atoms with Gasteiger partial charge >= 0.3 is 0 Å². The average Bonchev–Trinajstić information content (AvgIpc) is 2.31. The van der Waals surface area contributed by atoms with E-state index >= 15 is 0 Å². The summed E-state index contributed by atoms with van der Waals surface area (Å²) in [4.78, 5) is 4.23. The van der Waals surface area contributed by atoms with Crippen LogP contribution in [0.25, 0.3) is 0 Å². The van der Waals surface area contributed by atoms with Gasteiger partial charge < -0.3 is 10.5 Å². The SMILES string of the molecule is NCc1cccnc1OC1CCSCC1. The maximum absolute atomic E-state index is 5.87. The number of rotatable bonds is 3. The van der Waals surface area contributed by atoms with Crippen LogP contribution in [-0.2, 0) is 6.54 Å². The molecule has 0 spiro atoms. The molecule has 1 saturated heterocycles. The summed E-state index contributed by atoms with van der Waals surface area (Å²) in [6, 6.07) is 3.87. The summed E-state index contributed by atoms with van der Waals surface area (Å²) in [5.74, 6) is 3.10. The van der Waals surface area contributed by atoms with Gasteiger partial charge in [-0.25, -0.2) is 4.98 Å². The van der Waals surface area contributed by atoms with E-state index in [0.29, 0.717) is 12.6 Å². The van der Waals surface area contributed by atoms with Crippen LogP contribution in [0.15, 0.2) is 18.3 Å². The first kappa shape index (κ1) is 10.8. The van der Waals surface area contributed by atoms with Gasteiger partial charge in [0.1, 0.15) is 6.10 Å². The Morgan fingerprint density at radius 2 is 2.27 bits per heavy atom. The first-order valence-corrected chi connectivity index (χ1v) is 6.44.